The van der Waals surface area contributed by atoms with Crippen molar-refractivity contribution in [2.45, 2.75) is 25.5 Å². The van der Waals surface area contributed by atoms with Gasteiger partial charge in [0.2, 0.25) is 0 Å². The van der Waals surface area contributed by atoms with E-state index in [1.165, 1.54) is 0 Å². The number of nitrogens with zero attached hydrogens (tertiary/aromatic N) is 1. The van der Waals surface area contributed by atoms with Crippen molar-refractivity contribution in [1.82, 2.24) is 0 Å². The molecule has 0 spiro atoms. The number of ether oxygens (including phenoxy) is 1. The largest absolute Gasteiger partial charge is 0.496 e. The third kappa shape index (κ3) is 2.91. The van der Waals surface area contributed by atoms with E-state index in [0.717, 1.165) is 5.69 Å². The van der Waals surface area contributed by atoms with Gasteiger partial charge in [-0.05, 0) is 25.5 Å². The minimum Gasteiger partial charge on any atom is -0.496 e. The van der Waals surface area contributed by atoms with Crippen LogP contribution in [0.5, 0.6) is 5.75 Å². The Labute approximate surface area is 120 Å². The molecule has 1 aliphatic heterocycles. The number of sulfone groups is 1. The molecule has 2 atom stereocenters. The highest BCUT2D eigenvalue weighted by atomic mass is 32.2. The van der Waals surface area contributed by atoms with Crippen molar-refractivity contribution in [3.63, 3.8) is 0 Å². The third-order valence-corrected chi connectivity index (χ3v) is 5.57. The van der Waals surface area contributed by atoms with E-state index in [-0.39, 0.29) is 17.5 Å². The fourth-order valence-electron chi connectivity index (χ4n) is 2.72. The maximum absolute atomic E-state index is 11.6. The second-order valence-electron chi connectivity index (χ2n) is 5.24. The van der Waals surface area contributed by atoms with Crippen LogP contribution >= 0.6 is 0 Å². The maximum atomic E-state index is 11.6. The zero-order valence-corrected chi connectivity index (χ0v) is 12.9. The van der Waals surface area contributed by atoms with Crippen LogP contribution in [0.15, 0.2) is 18.2 Å². The van der Waals surface area contributed by atoms with Crippen molar-refractivity contribution in [2.75, 3.05) is 30.6 Å². The third-order valence-electron chi connectivity index (χ3n) is 3.82. The van der Waals surface area contributed by atoms with Crippen molar-refractivity contribution < 1.29 is 18.3 Å². The number of methoxy groups -OCH3 is 1. The molecule has 5 nitrogen and oxygen atoms in total. The number of hydrogen-bond donors (Lipinski definition) is 1. The van der Waals surface area contributed by atoms with Gasteiger partial charge in [-0.15, -0.1) is 0 Å². The molecule has 1 aromatic rings. The molecule has 112 valence electrons. The molecule has 0 radical (unpaired) electrons. The van der Waals surface area contributed by atoms with E-state index in [4.69, 9.17) is 4.74 Å². The lowest BCUT2D eigenvalue weighted by molar-refractivity contribution is 0.194. The lowest BCUT2D eigenvalue weighted by atomic mass is 10.0. The van der Waals surface area contributed by atoms with Gasteiger partial charge in [0.15, 0.2) is 9.84 Å². The Morgan fingerprint density at radius 2 is 2.15 bits per heavy atom. The topological polar surface area (TPSA) is 66.8 Å². The molecular formula is C14H21NO4S. The number of benzene rings is 1. The van der Waals surface area contributed by atoms with Crippen LogP contribution in [0.25, 0.3) is 0 Å². The van der Waals surface area contributed by atoms with Crippen molar-refractivity contribution in [1.29, 1.82) is 0 Å². The number of aliphatic hydroxyl groups excluding tert-OH is 1. The van der Waals surface area contributed by atoms with Crippen LogP contribution in [0.4, 0.5) is 5.69 Å². The monoisotopic (exact) mass is 299 g/mol. The normalized spacial score (nSPS) is 22.5. The van der Waals surface area contributed by atoms with Crippen LogP contribution < -0.4 is 9.64 Å². The van der Waals surface area contributed by atoms with Gasteiger partial charge in [-0.25, -0.2) is 8.42 Å². The van der Waals surface area contributed by atoms with E-state index < -0.39 is 15.9 Å². The van der Waals surface area contributed by atoms with E-state index in [0.29, 0.717) is 17.7 Å². The minimum atomic E-state index is -2.93. The van der Waals surface area contributed by atoms with Crippen molar-refractivity contribution >= 4 is 15.5 Å². The number of rotatable bonds is 4. The van der Waals surface area contributed by atoms with E-state index in [1.807, 2.05) is 24.1 Å². The molecule has 0 aromatic heterocycles. The first-order valence-corrected chi connectivity index (χ1v) is 8.46. The SMILES string of the molecule is COc1cccc(N(C)C2CCS(=O)(=O)C2)c1C(C)O. The van der Waals surface area contributed by atoms with Crippen LogP contribution in [0.1, 0.15) is 25.0 Å². The Bertz CT molecular complexity index is 583. The summed E-state index contributed by atoms with van der Waals surface area (Å²) in [6.45, 7) is 1.68. The number of aliphatic hydroxyl groups is 1. The molecule has 1 fully saturated rings. The zero-order valence-electron chi connectivity index (χ0n) is 12.0. The fraction of sp³-hybridized carbons (Fsp3) is 0.571. The molecule has 0 saturated carbocycles. The lowest BCUT2D eigenvalue weighted by Gasteiger charge is -2.29. The van der Waals surface area contributed by atoms with Gasteiger partial charge in [-0.2, -0.15) is 0 Å². The molecule has 1 N–H and O–H groups in total. The second-order valence-corrected chi connectivity index (χ2v) is 7.47. The van der Waals surface area contributed by atoms with Crippen molar-refractivity contribution in [2.24, 2.45) is 0 Å². The molecule has 6 heteroatoms. The highest BCUT2D eigenvalue weighted by Crippen LogP contribution is 2.36. The molecule has 1 aromatic carbocycles. The summed E-state index contributed by atoms with van der Waals surface area (Å²) in [4.78, 5) is 1.94. The zero-order chi connectivity index (χ0) is 14.9. The predicted molar refractivity (Wildman–Crippen MR) is 79.1 cm³/mol. The van der Waals surface area contributed by atoms with Crippen LogP contribution in [-0.4, -0.2) is 45.2 Å². The van der Waals surface area contributed by atoms with Gasteiger partial charge in [0.1, 0.15) is 5.75 Å². The van der Waals surface area contributed by atoms with Crippen LogP contribution in [0.3, 0.4) is 0 Å². The number of anilines is 1. The van der Waals surface area contributed by atoms with E-state index in [1.54, 1.807) is 20.1 Å². The molecule has 0 amide bonds. The molecular weight excluding hydrogens is 278 g/mol. The molecule has 0 bridgehead atoms. The average molecular weight is 299 g/mol. The summed E-state index contributed by atoms with van der Waals surface area (Å²) in [5.74, 6) is 1.01. The lowest BCUT2D eigenvalue weighted by Crippen LogP contribution is -2.33. The highest BCUT2D eigenvalue weighted by molar-refractivity contribution is 7.91. The van der Waals surface area contributed by atoms with Gasteiger partial charge in [-0.3, -0.25) is 0 Å². The minimum absolute atomic E-state index is 0.0513. The smallest absolute Gasteiger partial charge is 0.152 e. The van der Waals surface area contributed by atoms with Crippen molar-refractivity contribution in [3.05, 3.63) is 23.8 Å². The summed E-state index contributed by atoms with van der Waals surface area (Å²) in [5, 5.41) is 9.99. The van der Waals surface area contributed by atoms with Gasteiger partial charge in [0.25, 0.3) is 0 Å². The van der Waals surface area contributed by atoms with Crippen LogP contribution in [0, 0.1) is 0 Å². The summed E-state index contributed by atoms with van der Waals surface area (Å²) < 4.78 is 28.5. The Hall–Kier alpha value is -1.27. The molecule has 1 saturated heterocycles. The number of hydrogen-bond acceptors (Lipinski definition) is 5. The van der Waals surface area contributed by atoms with Gasteiger partial charge in [0, 0.05) is 24.3 Å². The Morgan fingerprint density at radius 1 is 1.45 bits per heavy atom. The fourth-order valence-corrected chi connectivity index (χ4v) is 4.49. The first-order valence-electron chi connectivity index (χ1n) is 6.64. The van der Waals surface area contributed by atoms with E-state index >= 15 is 0 Å². The standard InChI is InChI=1S/C14H21NO4S/c1-10(16)14-12(5-4-6-13(14)19-3)15(2)11-7-8-20(17,18)9-11/h4-6,10-11,16H,7-9H2,1-3H3. The summed E-state index contributed by atoms with van der Waals surface area (Å²) in [6, 6.07) is 5.48. The van der Waals surface area contributed by atoms with Gasteiger partial charge in [0.05, 0.1) is 24.7 Å². The summed E-state index contributed by atoms with van der Waals surface area (Å²) >= 11 is 0. The molecule has 2 rings (SSSR count). The van der Waals surface area contributed by atoms with Gasteiger partial charge < -0.3 is 14.7 Å². The first kappa shape index (κ1) is 15.1. The summed E-state index contributed by atoms with van der Waals surface area (Å²) in [7, 11) is 0.495. The van der Waals surface area contributed by atoms with E-state index in [2.05, 4.69) is 0 Å². The van der Waals surface area contributed by atoms with Crippen molar-refractivity contribution in [3.8, 4) is 5.75 Å². The quantitative estimate of drug-likeness (QED) is 0.909. The first-order chi connectivity index (χ1) is 9.35. The highest BCUT2D eigenvalue weighted by Gasteiger charge is 2.32. The molecule has 1 heterocycles. The Morgan fingerprint density at radius 3 is 2.65 bits per heavy atom. The Balaban J connectivity index is 2.37. The molecule has 1 aliphatic rings. The van der Waals surface area contributed by atoms with Crippen LogP contribution in [-0.2, 0) is 9.84 Å². The summed E-state index contributed by atoms with van der Waals surface area (Å²) in [5.41, 5.74) is 1.52. The van der Waals surface area contributed by atoms with Gasteiger partial charge >= 0.3 is 0 Å². The maximum Gasteiger partial charge on any atom is 0.152 e. The van der Waals surface area contributed by atoms with E-state index in [9.17, 15) is 13.5 Å². The molecule has 0 aliphatic carbocycles. The Kier molecular flexibility index (Phi) is 4.25. The second kappa shape index (κ2) is 5.61. The summed E-state index contributed by atoms with van der Waals surface area (Å²) in [6.07, 6.45) is -0.0587. The van der Waals surface area contributed by atoms with Gasteiger partial charge in [-0.1, -0.05) is 6.07 Å². The molecule has 2 unspecified atom stereocenters. The molecule has 20 heavy (non-hydrogen) atoms. The average Bonchev–Trinajstić information content (AvgIpc) is 2.77. The predicted octanol–water partition coefficient (Wildman–Crippen LogP) is 1.37. The van der Waals surface area contributed by atoms with Crippen LogP contribution in [0.2, 0.25) is 0 Å².